The molecule has 0 unspecified atom stereocenters. The third-order valence-electron chi connectivity index (χ3n) is 4.05. The van der Waals surface area contributed by atoms with E-state index >= 15 is 0 Å². The number of aromatic nitrogens is 2. The van der Waals surface area contributed by atoms with Crippen molar-refractivity contribution in [1.82, 2.24) is 14.9 Å². The Hall–Kier alpha value is -2.05. The summed E-state index contributed by atoms with van der Waals surface area (Å²) >= 11 is 1.40. The quantitative estimate of drug-likeness (QED) is 0.781. The second-order valence-electron chi connectivity index (χ2n) is 5.91. The van der Waals surface area contributed by atoms with Gasteiger partial charge in [-0.05, 0) is 42.0 Å². The number of benzene rings is 1. The molecule has 0 spiro atoms. The van der Waals surface area contributed by atoms with Gasteiger partial charge in [-0.1, -0.05) is 12.1 Å². The molecule has 1 N–H and O–H groups in total. The van der Waals surface area contributed by atoms with Crippen LogP contribution in [-0.2, 0) is 13.1 Å². The molecule has 0 radical (unpaired) electrons. The Balaban J connectivity index is 1.59. The van der Waals surface area contributed by atoms with Crippen LogP contribution >= 0.6 is 11.3 Å². The van der Waals surface area contributed by atoms with Crippen LogP contribution in [0.25, 0.3) is 10.2 Å². The lowest BCUT2D eigenvalue weighted by atomic mass is 10.2. The maximum atomic E-state index is 13.4. The van der Waals surface area contributed by atoms with Crippen molar-refractivity contribution in [2.24, 2.45) is 0 Å². The highest BCUT2D eigenvalue weighted by molar-refractivity contribution is 7.17. The lowest BCUT2D eigenvalue weighted by Crippen LogP contribution is -2.27. The first kappa shape index (κ1) is 14.5. The third kappa shape index (κ3) is 3.18. The van der Waals surface area contributed by atoms with Crippen LogP contribution in [0.1, 0.15) is 24.2 Å². The highest BCUT2D eigenvalue weighted by Gasteiger charge is 2.29. The van der Waals surface area contributed by atoms with E-state index in [2.05, 4.69) is 14.9 Å². The van der Waals surface area contributed by atoms with Gasteiger partial charge >= 0.3 is 0 Å². The van der Waals surface area contributed by atoms with Crippen molar-refractivity contribution in [3.8, 4) is 0 Å². The molecule has 4 rings (SSSR count). The number of halogens is 1. The maximum absolute atomic E-state index is 13.4. The van der Waals surface area contributed by atoms with Gasteiger partial charge in [-0.15, -0.1) is 11.3 Å². The smallest absolute Gasteiger partial charge is 0.268 e. The van der Waals surface area contributed by atoms with E-state index < -0.39 is 0 Å². The number of thiophene rings is 1. The van der Waals surface area contributed by atoms with Gasteiger partial charge in [0.15, 0.2) is 0 Å². The first-order valence-electron chi connectivity index (χ1n) is 7.64. The zero-order chi connectivity index (χ0) is 15.8. The second kappa shape index (κ2) is 5.86. The zero-order valence-electron chi connectivity index (χ0n) is 12.5. The van der Waals surface area contributed by atoms with Gasteiger partial charge in [-0.25, -0.2) is 9.37 Å². The van der Waals surface area contributed by atoms with E-state index in [1.54, 1.807) is 12.1 Å². The molecule has 6 heteroatoms. The molecule has 3 aromatic rings. The second-order valence-corrected chi connectivity index (χ2v) is 6.83. The Labute approximate surface area is 136 Å². The minimum Gasteiger partial charge on any atom is -0.308 e. The largest absolute Gasteiger partial charge is 0.308 e. The lowest BCUT2D eigenvalue weighted by molar-refractivity contribution is 0.239. The van der Waals surface area contributed by atoms with Crippen LogP contribution in [0.4, 0.5) is 4.39 Å². The first-order chi connectivity index (χ1) is 11.2. The van der Waals surface area contributed by atoms with Crippen LogP contribution in [0.2, 0.25) is 0 Å². The van der Waals surface area contributed by atoms with Crippen molar-refractivity contribution in [2.75, 3.05) is 0 Å². The van der Waals surface area contributed by atoms with Crippen LogP contribution in [0.5, 0.6) is 0 Å². The van der Waals surface area contributed by atoms with Gasteiger partial charge in [-0.2, -0.15) is 0 Å². The summed E-state index contributed by atoms with van der Waals surface area (Å²) in [5.74, 6) is 0.452. The Kier molecular flexibility index (Phi) is 3.71. The predicted octanol–water partition coefficient (Wildman–Crippen LogP) is 3.29. The molecule has 4 nitrogen and oxygen atoms in total. The fourth-order valence-electron chi connectivity index (χ4n) is 2.81. The number of nitrogens with one attached hydrogen (secondary N) is 1. The molecule has 0 atom stereocenters. The summed E-state index contributed by atoms with van der Waals surface area (Å²) in [6.07, 6.45) is 2.28. The van der Waals surface area contributed by atoms with Crippen LogP contribution in [0.15, 0.2) is 40.5 Å². The SMILES string of the molecule is O=c1[nH]c(CN(Cc2cccc(F)c2)C2CC2)nc2ccsc12. The summed E-state index contributed by atoms with van der Waals surface area (Å²) < 4.78 is 14.0. The highest BCUT2D eigenvalue weighted by Crippen LogP contribution is 2.29. The van der Waals surface area contributed by atoms with Crippen molar-refractivity contribution < 1.29 is 4.39 Å². The standard InChI is InChI=1S/C17H16FN3OS/c18-12-3-1-2-11(8-12)9-21(13-4-5-13)10-15-19-14-6-7-23-16(14)17(22)20-15/h1-3,6-8,13H,4-5,9-10H2,(H,19,20,22). The van der Waals surface area contributed by atoms with Gasteiger partial charge in [0.2, 0.25) is 0 Å². The minimum atomic E-state index is -0.218. The predicted molar refractivity (Wildman–Crippen MR) is 88.9 cm³/mol. The maximum Gasteiger partial charge on any atom is 0.268 e. The Bertz CT molecular complexity index is 900. The normalized spacial score (nSPS) is 14.7. The molecule has 1 fully saturated rings. The van der Waals surface area contributed by atoms with Crippen molar-refractivity contribution >= 4 is 21.6 Å². The topological polar surface area (TPSA) is 49.0 Å². The van der Waals surface area contributed by atoms with E-state index in [1.807, 2.05) is 17.5 Å². The first-order valence-corrected chi connectivity index (χ1v) is 8.52. The van der Waals surface area contributed by atoms with Gasteiger partial charge in [0.05, 0.1) is 12.1 Å². The Morgan fingerprint density at radius 2 is 2.17 bits per heavy atom. The van der Waals surface area contributed by atoms with E-state index in [0.717, 1.165) is 23.9 Å². The molecule has 1 saturated carbocycles. The summed E-state index contributed by atoms with van der Waals surface area (Å²) in [6, 6.07) is 9.03. The Morgan fingerprint density at radius 3 is 2.96 bits per heavy atom. The number of rotatable bonds is 5. The monoisotopic (exact) mass is 329 g/mol. The van der Waals surface area contributed by atoms with E-state index in [-0.39, 0.29) is 11.4 Å². The summed E-state index contributed by atoms with van der Waals surface area (Å²) in [4.78, 5) is 21.8. The van der Waals surface area contributed by atoms with Gasteiger partial charge in [-0.3, -0.25) is 9.69 Å². The molecule has 1 aliphatic carbocycles. The minimum absolute atomic E-state index is 0.0819. The van der Waals surface area contributed by atoms with Crippen LogP contribution in [-0.4, -0.2) is 20.9 Å². The molecule has 23 heavy (non-hydrogen) atoms. The van der Waals surface area contributed by atoms with Gasteiger partial charge in [0.1, 0.15) is 16.3 Å². The number of H-pyrrole nitrogens is 1. The summed E-state index contributed by atoms with van der Waals surface area (Å²) in [5.41, 5.74) is 1.60. The van der Waals surface area contributed by atoms with Gasteiger partial charge < -0.3 is 4.98 Å². The van der Waals surface area contributed by atoms with Crippen molar-refractivity contribution in [1.29, 1.82) is 0 Å². The van der Waals surface area contributed by atoms with Gasteiger partial charge in [0, 0.05) is 12.6 Å². The molecule has 0 saturated heterocycles. The Morgan fingerprint density at radius 1 is 1.30 bits per heavy atom. The number of nitrogens with zero attached hydrogens (tertiary/aromatic N) is 2. The zero-order valence-corrected chi connectivity index (χ0v) is 13.3. The molecule has 2 heterocycles. The molecule has 0 aliphatic heterocycles. The van der Waals surface area contributed by atoms with Crippen LogP contribution in [0, 0.1) is 5.82 Å². The average Bonchev–Trinajstić information content (AvgIpc) is 3.25. The molecule has 1 aliphatic rings. The average molecular weight is 329 g/mol. The number of aromatic amines is 1. The summed E-state index contributed by atoms with van der Waals surface area (Å²) in [5, 5.41) is 1.88. The molecular formula is C17H16FN3OS. The molecule has 2 aromatic heterocycles. The fourth-order valence-corrected chi connectivity index (χ4v) is 3.54. The number of hydrogen-bond donors (Lipinski definition) is 1. The van der Waals surface area contributed by atoms with Crippen molar-refractivity contribution in [2.45, 2.75) is 32.0 Å². The third-order valence-corrected chi connectivity index (χ3v) is 4.96. The van der Waals surface area contributed by atoms with Crippen LogP contribution < -0.4 is 5.56 Å². The van der Waals surface area contributed by atoms with E-state index in [1.165, 1.54) is 17.4 Å². The lowest BCUT2D eigenvalue weighted by Gasteiger charge is -2.21. The van der Waals surface area contributed by atoms with Crippen molar-refractivity contribution in [3.05, 3.63) is 63.3 Å². The molecule has 0 bridgehead atoms. The number of fused-ring (bicyclic) bond motifs is 1. The fraction of sp³-hybridized carbons (Fsp3) is 0.294. The van der Waals surface area contributed by atoms with E-state index in [4.69, 9.17) is 0 Å². The molecule has 0 amide bonds. The molecule has 118 valence electrons. The highest BCUT2D eigenvalue weighted by atomic mass is 32.1. The summed E-state index contributed by atoms with van der Waals surface area (Å²) in [7, 11) is 0. The van der Waals surface area contributed by atoms with Gasteiger partial charge in [0.25, 0.3) is 5.56 Å². The molecular weight excluding hydrogens is 313 g/mol. The van der Waals surface area contributed by atoms with Crippen LogP contribution in [0.3, 0.4) is 0 Å². The summed E-state index contributed by atoms with van der Waals surface area (Å²) in [6.45, 7) is 1.23. The number of hydrogen-bond acceptors (Lipinski definition) is 4. The van der Waals surface area contributed by atoms with Crippen molar-refractivity contribution in [3.63, 3.8) is 0 Å². The molecule has 1 aromatic carbocycles. The van der Waals surface area contributed by atoms with E-state index in [9.17, 15) is 9.18 Å². The van der Waals surface area contributed by atoms with E-state index in [0.29, 0.717) is 29.7 Å².